The van der Waals surface area contributed by atoms with E-state index in [1.807, 2.05) is 30.3 Å². The summed E-state index contributed by atoms with van der Waals surface area (Å²) in [5, 5.41) is 8.43. The van der Waals surface area contributed by atoms with E-state index in [1.54, 1.807) is 6.07 Å². The molecular formula is C16H21FN2. The summed E-state index contributed by atoms with van der Waals surface area (Å²) in [7, 11) is 0. The van der Waals surface area contributed by atoms with Crippen molar-refractivity contribution in [2.75, 3.05) is 19.6 Å². The first-order valence-corrected chi connectivity index (χ1v) is 6.90. The summed E-state index contributed by atoms with van der Waals surface area (Å²) in [6, 6.07) is 11.0. The van der Waals surface area contributed by atoms with E-state index in [2.05, 4.69) is 17.6 Å². The zero-order valence-corrected chi connectivity index (χ0v) is 11.4. The molecule has 102 valence electrons. The highest BCUT2D eigenvalue weighted by molar-refractivity contribution is 5.86. The highest BCUT2D eigenvalue weighted by atomic mass is 19.1. The zero-order valence-electron chi connectivity index (χ0n) is 11.4. The lowest BCUT2D eigenvalue weighted by Gasteiger charge is -2.09. The average Bonchev–Trinajstić information content (AvgIpc) is 2.45. The summed E-state index contributed by atoms with van der Waals surface area (Å²) >= 11 is 0. The molecule has 0 aliphatic rings. The summed E-state index contributed by atoms with van der Waals surface area (Å²) in [6.07, 6.45) is 1.16. The molecule has 3 heteroatoms. The maximum Gasteiger partial charge on any atom is 0.131 e. The van der Waals surface area contributed by atoms with E-state index in [9.17, 15) is 4.39 Å². The molecule has 0 amide bonds. The lowest BCUT2D eigenvalue weighted by Crippen LogP contribution is -2.27. The van der Waals surface area contributed by atoms with E-state index in [0.29, 0.717) is 5.39 Å². The Labute approximate surface area is 114 Å². The standard InChI is InChI=1S/C16H21FN2/c1-2-9-18-10-11-19-12-13-7-8-16(17)15-6-4-3-5-14(13)15/h3-8,18-19H,2,9-12H2,1H3. The van der Waals surface area contributed by atoms with E-state index < -0.39 is 0 Å². The minimum atomic E-state index is -0.149. The summed E-state index contributed by atoms with van der Waals surface area (Å²) in [6.45, 7) is 5.87. The van der Waals surface area contributed by atoms with Gasteiger partial charge in [-0.05, 0) is 30.0 Å². The zero-order chi connectivity index (χ0) is 13.5. The molecule has 0 atom stereocenters. The van der Waals surface area contributed by atoms with Crippen LogP contribution >= 0.6 is 0 Å². The van der Waals surface area contributed by atoms with Crippen LogP contribution in [0.25, 0.3) is 10.8 Å². The molecule has 2 aromatic carbocycles. The van der Waals surface area contributed by atoms with Gasteiger partial charge in [-0.1, -0.05) is 37.3 Å². The van der Waals surface area contributed by atoms with Crippen LogP contribution in [0, 0.1) is 5.82 Å². The van der Waals surface area contributed by atoms with E-state index >= 15 is 0 Å². The van der Waals surface area contributed by atoms with E-state index in [4.69, 9.17) is 0 Å². The van der Waals surface area contributed by atoms with Gasteiger partial charge in [0, 0.05) is 25.0 Å². The average molecular weight is 260 g/mol. The van der Waals surface area contributed by atoms with Gasteiger partial charge in [0.1, 0.15) is 5.82 Å². The molecular weight excluding hydrogens is 239 g/mol. The Morgan fingerprint density at radius 1 is 0.895 bits per heavy atom. The fourth-order valence-corrected chi connectivity index (χ4v) is 2.18. The van der Waals surface area contributed by atoms with Gasteiger partial charge in [0.2, 0.25) is 0 Å². The largest absolute Gasteiger partial charge is 0.315 e. The van der Waals surface area contributed by atoms with Crippen molar-refractivity contribution in [1.29, 1.82) is 0 Å². The molecule has 2 nitrogen and oxygen atoms in total. The SMILES string of the molecule is CCCNCCNCc1ccc(F)c2ccccc12. The number of nitrogens with one attached hydrogen (secondary N) is 2. The second-order valence-corrected chi connectivity index (χ2v) is 4.68. The molecule has 0 aromatic heterocycles. The summed E-state index contributed by atoms with van der Waals surface area (Å²) < 4.78 is 13.7. The topological polar surface area (TPSA) is 24.1 Å². The molecule has 2 N–H and O–H groups in total. The van der Waals surface area contributed by atoms with Crippen LogP contribution in [0.2, 0.25) is 0 Å². The van der Waals surface area contributed by atoms with Gasteiger partial charge in [-0.3, -0.25) is 0 Å². The Balaban J connectivity index is 1.96. The van der Waals surface area contributed by atoms with Gasteiger partial charge in [-0.25, -0.2) is 4.39 Å². The molecule has 2 rings (SSSR count). The maximum atomic E-state index is 13.7. The molecule has 0 fully saturated rings. The lowest BCUT2D eigenvalue weighted by atomic mass is 10.0. The number of halogens is 1. The minimum absolute atomic E-state index is 0.149. The van der Waals surface area contributed by atoms with Crippen LogP contribution < -0.4 is 10.6 Å². The van der Waals surface area contributed by atoms with Crippen molar-refractivity contribution in [2.24, 2.45) is 0 Å². The molecule has 0 spiro atoms. The van der Waals surface area contributed by atoms with Crippen molar-refractivity contribution in [3.8, 4) is 0 Å². The van der Waals surface area contributed by atoms with Gasteiger partial charge < -0.3 is 10.6 Å². The molecule has 0 bridgehead atoms. The van der Waals surface area contributed by atoms with Crippen molar-refractivity contribution in [3.05, 3.63) is 47.8 Å². The first-order valence-electron chi connectivity index (χ1n) is 6.90. The first kappa shape index (κ1) is 14.0. The van der Waals surface area contributed by atoms with Gasteiger partial charge in [0.05, 0.1) is 0 Å². The number of benzene rings is 2. The monoisotopic (exact) mass is 260 g/mol. The van der Waals surface area contributed by atoms with Crippen LogP contribution in [-0.2, 0) is 6.54 Å². The Hall–Kier alpha value is -1.45. The van der Waals surface area contributed by atoms with Crippen molar-refractivity contribution in [1.82, 2.24) is 10.6 Å². The highest BCUT2D eigenvalue weighted by Gasteiger charge is 2.04. The number of fused-ring (bicyclic) bond motifs is 1. The predicted molar refractivity (Wildman–Crippen MR) is 78.8 cm³/mol. The Morgan fingerprint density at radius 2 is 1.63 bits per heavy atom. The normalized spacial score (nSPS) is 11.1. The quantitative estimate of drug-likeness (QED) is 0.748. The molecule has 0 unspecified atom stereocenters. The van der Waals surface area contributed by atoms with E-state index in [0.717, 1.165) is 43.5 Å². The van der Waals surface area contributed by atoms with Crippen molar-refractivity contribution >= 4 is 10.8 Å². The number of rotatable bonds is 7. The highest BCUT2D eigenvalue weighted by Crippen LogP contribution is 2.21. The molecule has 2 aromatic rings. The third-order valence-electron chi connectivity index (χ3n) is 3.18. The fourth-order valence-electron chi connectivity index (χ4n) is 2.18. The number of hydrogen-bond donors (Lipinski definition) is 2. The van der Waals surface area contributed by atoms with Gasteiger partial charge in [0.15, 0.2) is 0 Å². The summed E-state index contributed by atoms with van der Waals surface area (Å²) in [5.41, 5.74) is 1.15. The molecule has 0 radical (unpaired) electrons. The molecule has 19 heavy (non-hydrogen) atoms. The Morgan fingerprint density at radius 3 is 2.42 bits per heavy atom. The van der Waals surface area contributed by atoms with Crippen LogP contribution in [0.3, 0.4) is 0 Å². The smallest absolute Gasteiger partial charge is 0.131 e. The van der Waals surface area contributed by atoms with Crippen LogP contribution in [-0.4, -0.2) is 19.6 Å². The van der Waals surface area contributed by atoms with Gasteiger partial charge in [-0.15, -0.1) is 0 Å². The van der Waals surface area contributed by atoms with Gasteiger partial charge in [0.25, 0.3) is 0 Å². The minimum Gasteiger partial charge on any atom is -0.315 e. The second-order valence-electron chi connectivity index (χ2n) is 4.68. The van der Waals surface area contributed by atoms with Gasteiger partial charge >= 0.3 is 0 Å². The molecule has 0 saturated heterocycles. The summed E-state index contributed by atoms with van der Waals surface area (Å²) in [4.78, 5) is 0. The van der Waals surface area contributed by atoms with Crippen LogP contribution in [0.1, 0.15) is 18.9 Å². The van der Waals surface area contributed by atoms with Gasteiger partial charge in [-0.2, -0.15) is 0 Å². The summed E-state index contributed by atoms with van der Waals surface area (Å²) in [5.74, 6) is -0.149. The Bertz CT molecular complexity index is 525. The third-order valence-corrected chi connectivity index (χ3v) is 3.18. The van der Waals surface area contributed by atoms with Crippen LogP contribution in [0.4, 0.5) is 4.39 Å². The van der Waals surface area contributed by atoms with Crippen molar-refractivity contribution in [3.63, 3.8) is 0 Å². The molecule has 0 aliphatic heterocycles. The Kier molecular flexibility index (Phi) is 5.31. The second kappa shape index (κ2) is 7.22. The number of hydrogen-bond acceptors (Lipinski definition) is 2. The molecule has 0 heterocycles. The lowest BCUT2D eigenvalue weighted by molar-refractivity contribution is 0.606. The first-order chi connectivity index (χ1) is 9.33. The van der Waals surface area contributed by atoms with Crippen molar-refractivity contribution < 1.29 is 4.39 Å². The maximum absolute atomic E-state index is 13.7. The fraction of sp³-hybridized carbons (Fsp3) is 0.375. The molecule has 0 aliphatic carbocycles. The predicted octanol–water partition coefficient (Wildman–Crippen LogP) is 3.07. The molecule has 0 saturated carbocycles. The van der Waals surface area contributed by atoms with E-state index in [1.165, 1.54) is 0 Å². The van der Waals surface area contributed by atoms with Crippen LogP contribution in [0.15, 0.2) is 36.4 Å². The van der Waals surface area contributed by atoms with Crippen LogP contribution in [0.5, 0.6) is 0 Å². The van der Waals surface area contributed by atoms with Crippen molar-refractivity contribution in [2.45, 2.75) is 19.9 Å². The third kappa shape index (κ3) is 3.75. The van der Waals surface area contributed by atoms with E-state index in [-0.39, 0.29) is 5.82 Å².